The fraction of sp³-hybridized carbons (Fsp3) is 0.333. The first-order chi connectivity index (χ1) is 10.6. The monoisotopic (exact) mass is 297 g/mol. The molecule has 0 aliphatic heterocycles. The molecule has 0 atom stereocenters. The number of hydrogen-bond acceptors (Lipinski definition) is 3. The molecular formula is C18H23N3O. The van der Waals surface area contributed by atoms with Crippen LogP contribution < -0.4 is 10.6 Å². The maximum atomic E-state index is 11.9. The molecule has 0 bridgehead atoms. The Labute approximate surface area is 132 Å². The first-order valence-electron chi connectivity index (χ1n) is 7.67. The van der Waals surface area contributed by atoms with Gasteiger partial charge in [-0.2, -0.15) is 0 Å². The minimum Gasteiger partial charge on any atom is -0.370 e. The van der Waals surface area contributed by atoms with Gasteiger partial charge in [-0.3, -0.25) is 4.79 Å². The van der Waals surface area contributed by atoms with Gasteiger partial charge in [-0.25, -0.2) is 4.98 Å². The largest absolute Gasteiger partial charge is 0.370 e. The Morgan fingerprint density at radius 2 is 1.91 bits per heavy atom. The van der Waals surface area contributed by atoms with Gasteiger partial charge in [0.25, 0.3) is 5.91 Å². The van der Waals surface area contributed by atoms with E-state index in [1.54, 1.807) is 12.3 Å². The van der Waals surface area contributed by atoms with Gasteiger partial charge in [0.05, 0.1) is 5.56 Å². The number of carbonyl (C=O) groups excluding carboxylic acids is 1. The molecule has 2 N–H and O–H groups in total. The quantitative estimate of drug-likeness (QED) is 0.825. The highest BCUT2D eigenvalue weighted by molar-refractivity contribution is 5.94. The first-order valence-corrected chi connectivity index (χ1v) is 7.67. The lowest BCUT2D eigenvalue weighted by atomic mass is 10.1. The molecule has 0 aliphatic carbocycles. The van der Waals surface area contributed by atoms with Crippen LogP contribution in [0.3, 0.4) is 0 Å². The smallest absolute Gasteiger partial charge is 0.252 e. The van der Waals surface area contributed by atoms with Gasteiger partial charge in [-0.05, 0) is 30.0 Å². The zero-order valence-electron chi connectivity index (χ0n) is 13.2. The zero-order valence-corrected chi connectivity index (χ0v) is 13.2. The third kappa shape index (κ3) is 5.20. The lowest BCUT2D eigenvalue weighted by molar-refractivity contribution is 0.0948. The van der Waals surface area contributed by atoms with Gasteiger partial charge in [-0.1, -0.05) is 44.2 Å². The van der Waals surface area contributed by atoms with E-state index >= 15 is 0 Å². The molecule has 4 nitrogen and oxygen atoms in total. The third-order valence-corrected chi connectivity index (χ3v) is 3.26. The van der Waals surface area contributed by atoms with Crippen molar-refractivity contribution in [3.8, 4) is 0 Å². The van der Waals surface area contributed by atoms with Gasteiger partial charge in [0, 0.05) is 19.3 Å². The number of rotatable bonds is 7. The van der Waals surface area contributed by atoms with Crippen LogP contribution in [0.15, 0.2) is 48.7 Å². The number of aromatic nitrogens is 1. The van der Waals surface area contributed by atoms with Crippen molar-refractivity contribution < 1.29 is 4.79 Å². The lowest BCUT2D eigenvalue weighted by Gasteiger charge is -2.09. The average molecular weight is 297 g/mol. The highest BCUT2D eigenvalue weighted by Gasteiger charge is 2.06. The van der Waals surface area contributed by atoms with Crippen molar-refractivity contribution in [2.75, 3.05) is 18.4 Å². The predicted molar refractivity (Wildman–Crippen MR) is 90.0 cm³/mol. The summed E-state index contributed by atoms with van der Waals surface area (Å²) >= 11 is 0. The second-order valence-corrected chi connectivity index (χ2v) is 5.70. The number of nitrogens with zero attached hydrogens (tertiary/aromatic N) is 1. The molecule has 0 fully saturated rings. The van der Waals surface area contributed by atoms with Crippen LogP contribution in [0.25, 0.3) is 0 Å². The molecule has 0 aliphatic rings. The summed E-state index contributed by atoms with van der Waals surface area (Å²) in [5.74, 6) is 1.16. The molecule has 0 unspecified atom stereocenters. The van der Waals surface area contributed by atoms with Gasteiger partial charge >= 0.3 is 0 Å². The van der Waals surface area contributed by atoms with E-state index in [2.05, 4.69) is 41.6 Å². The van der Waals surface area contributed by atoms with Gasteiger partial charge in [-0.15, -0.1) is 0 Å². The van der Waals surface area contributed by atoms with E-state index in [1.165, 1.54) is 5.56 Å². The number of hydrogen-bond donors (Lipinski definition) is 2. The molecule has 4 heteroatoms. The summed E-state index contributed by atoms with van der Waals surface area (Å²) in [6.07, 6.45) is 2.56. The Morgan fingerprint density at radius 3 is 2.55 bits per heavy atom. The van der Waals surface area contributed by atoms with Gasteiger partial charge in [0.1, 0.15) is 5.82 Å². The molecule has 0 spiro atoms. The van der Waals surface area contributed by atoms with E-state index in [-0.39, 0.29) is 5.91 Å². The predicted octanol–water partition coefficient (Wildman–Crippen LogP) is 3.12. The molecule has 2 rings (SSSR count). The van der Waals surface area contributed by atoms with Crippen LogP contribution in [0.2, 0.25) is 0 Å². The number of pyridine rings is 1. The van der Waals surface area contributed by atoms with Crippen LogP contribution >= 0.6 is 0 Å². The minimum atomic E-state index is -0.0722. The van der Waals surface area contributed by atoms with Crippen molar-refractivity contribution >= 4 is 11.7 Å². The second-order valence-electron chi connectivity index (χ2n) is 5.70. The van der Waals surface area contributed by atoms with Crippen LogP contribution in [-0.2, 0) is 6.42 Å². The summed E-state index contributed by atoms with van der Waals surface area (Å²) < 4.78 is 0. The Hall–Kier alpha value is -2.36. The standard InChI is InChI=1S/C18H23N3O/c1-14(2)12-21-18(22)16-8-9-17(20-13-16)19-11-10-15-6-4-3-5-7-15/h3-9,13-14H,10-12H2,1-2H3,(H,19,20)(H,21,22). The van der Waals surface area contributed by atoms with Crippen LogP contribution in [0, 0.1) is 5.92 Å². The van der Waals surface area contributed by atoms with E-state index in [0.717, 1.165) is 18.8 Å². The average Bonchev–Trinajstić information content (AvgIpc) is 2.54. The summed E-state index contributed by atoms with van der Waals surface area (Å²) in [6, 6.07) is 14.0. The maximum absolute atomic E-state index is 11.9. The molecule has 1 heterocycles. The summed E-state index contributed by atoms with van der Waals surface area (Å²) in [5, 5.41) is 6.15. The van der Waals surface area contributed by atoms with E-state index < -0.39 is 0 Å². The molecule has 116 valence electrons. The Balaban J connectivity index is 1.80. The van der Waals surface area contributed by atoms with Crippen molar-refractivity contribution in [2.45, 2.75) is 20.3 Å². The molecule has 0 radical (unpaired) electrons. The third-order valence-electron chi connectivity index (χ3n) is 3.26. The number of anilines is 1. The Kier molecular flexibility index (Phi) is 5.95. The number of nitrogens with one attached hydrogen (secondary N) is 2. The summed E-state index contributed by atoms with van der Waals surface area (Å²) in [4.78, 5) is 16.2. The molecule has 1 aromatic carbocycles. The molecule has 2 aromatic rings. The Bertz CT molecular complexity index is 579. The maximum Gasteiger partial charge on any atom is 0.252 e. The lowest BCUT2D eigenvalue weighted by Crippen LogP contribution is -2.27. The molecule has 1 amide bonds. The van der Waals surface area contributed by atoms with Crippen LogP contribution in [0.1, 0.15) is 29.8 Å². The van der Waals surface area contributed by atoms with Gasteiger partial charge in [0.15, 0.2) is 0 Å². The SMILES string of the molecule is CC(C)CNC(=O)c1ccc(NCCc2ccccc2)nc1. The van der Waals surface area contributed by atoms with E-state index in [4.69, 9.17) is 0 Å². The van der Waals surface area contributed by atoms with Crippen molar-refractivity contribution in [3.05, 3.63) is 59.8 Å². The topological polar surface area (TPSA) is 54.0 Å². The summed E-state index contributed by atoms with van der Waals surface area (Å²) in [6.45, 7) is 5.63. The fourth-order valence-corrected chi connectivity index (χ4v) is 2.01. The van der Waals surface area contributed by atoms with Crippen molar-refractivity contribution in [2.24, 2.45) is 5.92 Å². The molecule has 22 heavy (non-hydrogen) atoms. The van der Waals surface area contributed by atoms with Crippen LogP contribution in [-0.4, -0.2) is 24.0 Å². The normalized spacial score (nSPS) is 10.5. The second kappa shape index (κ2) is 8.17. The number of benzene rings is 1. The molecule has 1 aromatic heterocycles. The number of amides is 1. The van der Waals surface area contributed by atoms with Crippen molar-refractivity contribution in [1.29, 1.82) is 0 Å². The number of carbonyl (C=O) groups is 1. The summed E-state index contributed by atoms with van der Waals surface area (Å²) in [7, 11) is 0. The van der Waals surface area contributed by atoms with Crippen molar-refractivity contribution in [1.82, 2.24) is 10.3 Å². The highest BCUT2D eigenvalue weighted by Crippen LogP contribution is 2.06. The molecule has 0 saturated carbocycles. The fourth-order valence-electron chi connectivity index (χ4n) is 2.01. The highest BCUT2D eigenvalue weighted by atomic mass is 16.1. The molecule has 0 saturated heterocycles. The first kappa shape index (κ1) is 16.0. The van der Waals surface area contributed by atoms with Gasteiger partial charge in [0.2, 0.25) is 0 Å². The molecular weight excluding hydrogens is 274 g/mol. The van der Waals surface area contributed by atoms with Gasteiger partial charge < -0.3 is 10.6 Å². The van der Waals surface area contributed by atoms with E-state index in [1.807, 2.05) is 24.3 Å². The zero-order chi connectivity index (χ0) is 15.8. The Morgan fingerprint density at radius 1 is 1.14 bits per heavy atom. The minimum absolute atomic E-state index is 0.0722. The summed E-state index contributed by atoms with van der Waals surface area (Å²) in [5.41, 5.74) is 1.88. The van der Waals surface area contributed by atoms with Crippen LogP contribution in [0.5, 0.6) is 0 Å². The van der Waals surface area contributed by atoms with E-state index in [0.29, 0.717) is 18.0 Å². The van der Waals surface area contributed by atoms with Crippen molar-refractivity contribution in [3.63, 3.8) is 0 Å². The van der Waals surface area contributed by atoms with E-state index in [9.17, 15) is 4.79 Å². The van der Waals surface area contributed by atoms with Crippen LogP contribution in [0.4, 0.5) is 5.82 Å².